The van der Waals surface area contributed by atoms with Crippen molar-refractivity contribution in [3.63, 3.8) is 0 Å². The third kappa shape index (κ3) is 6.93. The molecule has 1 unspecified atom stereocenters. The van der Waals surface area contributed by atoms with Crippen LogP contribution in [0.3, 0.4) is 0 Å². The number of rotatable bonds is 11. The van der Waals surface area contributed by atoms with E-state index in [0.29, 0.717) is 12.8 Å². The van der Waals surface area contributed by atoms with Gasteiger partial charge in [0.15, 0.2) is 6.61 Å². The predicted molar refractivity (Wildman–Crippen MR) is 104 cm³/mol. The van der Waals surface area contributed by atoms with E-state index < -0.39 is 66.3 Å². The molecule has 0 spiro atoms. The largest absolute Gasteiger partial charge is 0.463 e. The van der Waals surface area contributed by atoms with Crippen molar-refractivity contribution in [3.8, 4) is 0 Å². The minimum Gasteiger partial charge on any atom is -0.463 e. The molecule has 0 aromatic rings. The second-order valence-corrected chi connectivity index (χ2v) is 10.2. The molecule has 0 aliphatic carbocycles. The number of carbonyl (C=O) groups is 2. The van der Waals surface area contributed by atoms with Gasteiger partial charge in [-0.15, -0.1) is 0 Å². The first-order chi connectivity index (χ1) is 14.8. The summed E-state index contributed by atoms with van der Waals surface area (Å²) in [4.78, 5) is 24.4. The number of hydrogen-bond acceptors (Lipinski definition) is 4. The molecule has 0 aliphatic rings. The van der Waals surface area contributed by atoms with E-state index in [1.54, 1.807) is 27.7 Å². The van der Waals surface area contributed by atoms with Gasteiger partial charge in [0.05, 0.1) is 18.4 Å². The SMILES string of the molecule is CCC(C)(C)CC(C)(C(=O)OCC(=O)OCCC(F)(F)C(F)(F)C(F)(F)C(F)(F)F)C(C)(C)C. The summed E-state index contributed by atoms with van der Waals surface area (Å²) in [5, 5.41) is 0. The van der Waals surface area contributed by atoms with E-state index in [9.17, 15) is 49.1 Å². The van der Waals surface area contributed by atoms with Gasteiger partial charge in [0.2, 0.25) is 0 Å². The van der Waals surface area contributed by atoms with E-state index in [2.05, 4.69) is 4.74 Å². The van der Waals surface area contributed by atoms with Gasteiger partial charge in [0.25, 0.3) is 0 Å². The first-order valence-corrected chi connectivity index (χ1v) is 10.3. The number of carbonyl (C=O) groups excluding carboxylic acids is 2. The predicted octanol–water partition coefficient (Wildman–Crippen LogP) is 6.81. The first-order valence-electron chi connectivity index (χ1n) is 10.3. The molecule has 0 rings (SSSR count). The van der Waals surface area contributed by atoms with Crippen LogP contribution >= 0.6 is 0 Å². The van der Waals surface area contributed by atoms with Crippen LogP contribution in [0.4, 0.5) is 39.5 Å². The van der Waals surface area contributed by atoms with E-state index in [0.717, 1.165) is 0 Å². The molecule has 0 aromatic heterocycles. The van der Waals surface area contributed by atoms with Gasteiger partial charge < -0.3 is 9.47 Å². The van der Waals surface area contributed by atoms with Crippen LogP contribution in [0.5, 0.6) is 0 Å². The van der Waals surface area contributed by atoms with Crippen molar-refractivity contribution in [2.24, 2.45) is 16.2 Å². The highest BCUT2D eigenvalue weighted by atomic mass is 19.4. The summed E-state index contributed by atoms with van der Waals surface area (Å²) in [7, 11) is 0. The van der Waals surface area contributed by atoms with Crippen molar-refractivity contribution in [3.05, 3.63) is 0 Å². The molecule has 13 heteroatoms. The fraction of sp³-hybridized carbons (Fsp3) is 0.905. The number of ether oxygens (including phenoxy) is 2. The number of esters is 2. The van der Waals surface area contributed by atoms with Gasteiger partial charge in [-0.2, -0.15) is 39.5 Å². The van der Waals surface area contributed by atoms with Gasteiger partial charge in [0, 0.05) is 0 Å². The summed E-state index contributed by atoms with van der Waals surface area (Å²) in [6.07, 6.45) is -8.20. The normalized spacial score (nSPS) is 16.1. The van der Waals surface area contributed by atoms with Gasteiger partial charge in [-0.1, -0.05) is 48.0 Å². The molecule has 0 N–H and O–H groups in total. The number of alkyl halides is 9. The van der Waals surface area contributed by atoms with Crippen LogP contribution in [-0.4, -0.2) is 49.1 Å². The van der Waals surface area contributed by atoms with Crippen LogP contribution in [0, 0.1) is 16.2 Å². The molecule has 0 saturated heterocycles. The maximum atomic E-state index is 13.5. The van der Waals surface area contributed by atoms with E-state index in [1.807, 2.05) is 20.8 Å². The van der Waals surface area contributed by atoms with Crippen molar-refractivity contribution < 1.29 is 58.6 Å². The van der Waals surface area contributed by atoms with Crippen LogP contribution in [0.2, 0.25) is 0 Å². The maximum absolute atomic E-state index is 13.5. The molecule has 0 aliphatic heterocycles. The lowest BCUT2D eigenvalue weighted by Gasteiger charge is -2.44. The molecule has 0 fully saturated rings. The fourth-order valence-electron chi connectivity index (χ4n) is 2.91. The minimum absolute atomic E-state index is 0.295. The van der Waals surface area contributed by atoms with Gasteiger partial charge >= 0.3 is 35.9 Å². The summed E-state index contributed by atoms with van der Waals surface area (Å²) in [6, 6.07) is 0. The Morgan fingerprint density at radius 3 is 1.59 bits per heavy atom. The monoisotopic (exact) mass is 518 g/mol. The molecule has 0 saturated carbocycles. The van der Waals surface area contributed by atoms with E-state index in [1.165, 1.54) is 0 Å². The second kappa shape index (κ2) is 10.1. The van der Waals surface area contributed by atoms with Crippen LogP contribution in [0.1, 0.15) is 67.7 Å². The Kier molecular flexibility index (Phi) is 9.62. The van der Waals surface area contributed by atoms with Crippen molar-refractivity contribution in [1.82, 2.24) is 0 Å². The van der Waals surface area contributed by atoms with E-state index in [-0.39, 0.29) is 5.41 Å². The van der Waals surface area contributed by atoms with Crippen LogP contribution in [0.15, 0.2) is 0 Å². The Morgan fingerprint density at radius 2 is 1.21 bits per heavy atom. The van der Waals surface area contributed by atoms with Gasteiger partial charge in [-0.3, -0.25) is 4.79 Å². The second-order valence-electron chi connectivity index (χ2n) is 10.2. The van der Waals surface area contributed by atoms with Crippen LogP contribution < -0.4 is 0 Å². The zero-order chi connectivity index (χ0) is 27.6. The molecular formula is C21H31F9O4. The van der Waals surface area contributed by atoms with E-state index >= 15 is 0 Å². The molecule has 0 amide bonds. The van der Waals surface area contributed by atoms with Crippen molar-refractivity contribution >= 4 is 11.9 Å². The summed E-state index contributed by atoms with van der Waals surface area (Å²) in [5.41, 5.74) is -2.04. The van der Waals surface area contributed by atoms with Gasteiger partial charge in [-0.05, 0) is 24.2 Å². The third-order valence-electron chi connectivity index (χ3n) is 6.11. The average Bonchev–Trinajstić information content (AvgIpc) is 2.63. The molecular weight excluding hydrogens is 487 g/mol. The molecule has 0 bridgehead atoms. The Morgan fingerprint density at radius 1 is 0.735 bits per heavy atom. The first kappa shape index (κ1) is 32.3. The summed E-state index contributed by atoms with van der Waals surface area (Å²) < 4.78 is 124. The van der Waals surface area contributed by atoms with Crippen molar-refractivity contribution in [2.75, 3.05) is 13.2 Å². The van der Waals surface area contributed by atoms with Crippen LogP contribution in [-0.2, 0) is 19.1 Å². The highest BCUT2D eigenvalue weighted by Gasteiger charge is 2.81. The third-order valence-corrected chi connectivity index (χ3v) is 6.11. The molecule has 0 heterocycles. The lowest BCUT2D eigenvalue weighted by Crippen LogP contribution is -2.61. The molecule has 1 atom stereocenters. The van der Waals surface area contributed by atoms with Crippen molar-refractivity contribution in [2.45, 2.75) is 91.7 Å². The lowest BCUT2D eigenvalue weighted by molar-refractivity contribution is -0.397. The molecule has 0 aromatic carbocycles. The quantitative estimate of drug-likeness (QED) is 0.223. The molecule has 4 nitrogen and oxygen atoms in total. The lowest BCUT2D eigenvalue weighted by atomic mass is 9.60. The highest BCUT2D eigenvalue weighted by Crippen LogP contribution is 2.54. The maximum Gasteiger partial charge on any atom is 0.460 e. The Labute approximate surface area is 192 Å². The Hall–Kier alpha value is -1.69. The Bertz CT molecular complexity index is 725. The number of hydrogen-bond donors (Lipinski definition) is 0. The average molecular weight is 518 g/mol. The van der Waals surface area contributed by atoms with Crippen LogP contribution in [0.25, 0.3) is 0 Å². The van der Waals surface area contributed by atoms with Gasteiger partial charge in [0.1, 0.15) is 0 Å². The number of halogens is 9. The zero-order valence-electron chi connectivity index (χ0n) is 20.1. The molecule has 0 radical (unpaired) electrons. The smallest absolute Gasteiger partial charge is 0.460 e. The minimum atomic E-state index is -7.02. The van der Waals surface area contributed by atoms with Crippen molar-refractivity contribution in [1.29, 1.82) is 0 Å². The Balaban J connectivity index is 5.14. The molecule has 202 valence electrons. The summed E-state index contributed by atoms with van der Waals surface area (Å²) in [5.74, 6) is -22.0. The highest BCUT2D eigenvalue weighted by molar-refractivity contribution is 5.80. The van der Waals surface area contributed by atoms with E-state index in [4.69, 9.17) is 4.74 Å². The van der Waals surface area contributed by atoms with Gasteiger partial charge in [-0.25, -0.2) is 4.79 Å². The summed E-state index contributed by atoms with van der Waals surface area (Å²) >= 11 is 0. The summed E-state index contributed by atoms with van der Waals surface area (Å²) in [6.45, 7) is 9.92. The molecule has 34 heavy (non-hydrogen) atoms. The topological polar surface area (TPSA) is 52.6 Å². The standard InChI is InChI=1S/C21H31F9O4/c1-8-16(5,6)12-17(7,15(2,3)4)14(32)34-11-13(31)33-10-9-18(22,23)19(24,25)20(26,27)21(28,29)30/h8-12H2,1-7H3. The zero-order valence-corrected chi connectivity index (χ0v) is 20.1. The fourth-order valence-corrected chi connectivity index (χ4v) is 2.91.